The van der Waals surface area contributed by atoms with E-state index in [0.717, 1.165) is 25.0 Å². The molecule has 1 saturated heterocycles. The van der Waals surface area contributed by atoms with Crippen molar-refractivity contribution in [3.05, 3.63) is 29.8 Å². The van der Waals surface area contributed by atoms with Crippen molar-refractivity contribution < 1.29 is 19.0 Å². The van der Waals surface area contributed by atoms with E-state index in [4.69, 9.17) is 14.2 Å². The topological polar surface area (TPSA) is 48.0 Å². The molecule has 126 valence electrons. The second-order valence-corrected chi connectivity index (χ2v) is 6.24. The number of benzene rings is 1. The predicted octanol–water partition coefficient (Wildman–Crippen LogP) is 2.35. The lowest BCUT2D eigenvalue weighted by atomic mass is 9.93. The van der Waals surface area contributed by atoms with Crippen molar-refractivity contribution in [2.45, 2.75) is 31.4 Å². The summed E-state index contributed by atoms with van der Waals surface area (Å²) >= 11 is 0. The summed E-state index contributed by atoms with van der Waals surface area (Å²) < 4.78 is 16.5. The third-order valence-corrected chi connectivity index (χ3v) is 5.06. The molecule has 3 unspecified atom stereocenters. The van der Waals surface area contributed by atoms with E-state index >= 15 is 0 Å². The third-order valence-electron chi connectivity index (χ3n) is 5.06. The van der Waals surface area contributed by atoms with Crippen molar-refractivity contribution in [2.24, 2.45) is 5.92 Å². The zero-order valence-corrected chi connectivity index (χ0v) is 13.9. The second-order valence-electron chi connectivity index (χ2n) is 6.24. The van der Waals surface area contributed by atoms with Gasteiger partial charge in [0, 0.05) is 25.1 Å². The first kappa shape index (κ1) is 16.3. The number of nitrogens with zero attached hydrogens (tertiary/aromatic N) is 1. The van der Waals surface area contributed by atoms with Crippen molar-refractivity contribution in [1.29, 1.82) is 0 Å². The largest absolute Gasteiger partial charge is 0.497 e. The van der Waals surface area contributed by atoms with E-state index < -0.39 is 0 Å². The Morgan fingerprint density at radius 1 is 1.22 bits per heavy atom. The van der Waals surface area contributed by atoms with Crippen LogP contribution < -0.4 is 4.74 Å². The Bertz CT molecular complexity index is 530. The molecule has 1 saturated carbocycles. The Hall–Kier alpha value is -1.59. The van der Waals surface area contributed by atoms with Crippen molar-refractivity contribution in [3.8, 4) is 5.75 Å². The third kappa shape index (κ3) is 3.35. The molecule has 0 bridgehead atoms. The zero-order valence-electron chi connectivity index (χ0n) is 13.9. The van der Waals surface area contributed by atoms with E-state index in [1.165, 1.54) is 0 Å². The molecule has 1 amide bonds. The summed E-state index contributed by atoms with van der Waals surface area (Å²) in [4.78, 5) is 14.9. The Morgan fingerprint density at radius 3 is 2.70 bits per heavy atom. The predicted molar refractivity (Wildman–Crippen MR) is 86.8 cm³/mol. The van der Waals surface area contributed by atoms with E-state index in [1.54, 1.807) is 14.2 Å². The second kappa shape index (κ2) is 7.32. The number of methoxy groups -OCH3 is 2. The highest BCUT2D eigenvalue weighted by Crippen LogP contribution is 2.34. The van der Waals surface area contributed by atoms with Crippen LogP contribution in [0.25, 0.3) is 0 Å². The first-order valence-corrected chi connectivity index (χ1v) is 8.30. The molecule has 5 heteroatoms. The van der Waals surface area contributed by atoms with Crippen LogP contribution in [0.15, 0.2) is 24.3 Å². The number of hydrogen-bond donors (Lipinski definition) is 0. The van der Waals surface area contributed by atoms with Gasteiger partial charge >= 0.3 is 0 Å². The van der Waals surface area contributed by atoms with Gasteiger partial charge in [-0.15, -0.1) is 0 Å². The molecule has 2 fully saturated rings. The van der Waals surface area contributed by atoms with E-state index in [1.807, 2.05) is 29.2 Å². The number of rotatable bonds is 4. The summed E-state index contributed by atoms with van der Waals surface area (Å²) in [6.07, 6.45) is 3.55. The molecule has 0 radical (unpaired) electrons. The van der Waals surface area contributed by atoms with Crippen LogP contribution in [0.1, 0.15) is 29.6 Å². The van der Waals surface area contributed by atoms with E-state index in [9.17, 15) is 4.79 Å². The summed E-state index contributed by atoms with van der Waals surface area (Å²) in [7, 11) is 3.39. The van der Waals surface area contributed by atoms with Gasteiger partial charge in [0.05, 0.1) is 32.5 Å². The minimum absolute atomic E-state index is 0.0720. The SMILES string of the molecule is COc1ccc(C(=O)N2CCOCC2C2CCCC2OC)cc1. The molecular formula is C18H25NO4. The summed E-state index contributed by atoms with van der Waals surface area (Å²) in [5, 5.41) is 0. The number of carbonyl (C=O) groups is 1. The highest BCUT2D eigenvalue weighted by atomic mass is 16.5. The molecule has 1 aromatic carbocycles. The molecule has 0 aromatic heterocycles. The normalized spacial score (nSPS) is 27.9. The number of morpholine rings is 1. The molecule has 1 aromatic rings. The lowest BCUT2D eigenvalue weighted by Gasteiger charge is -2.40. The quantitative estimate of drug-likeness (QED) is 0.855. The van der Waals surface area contributed by atoms with Gasteiger partial charge in [0.2, 0.25) is 0 Å². The fraction of sp³-hybridized carbons (Fsp3) is 0.611. The Kier molecular flexibility index (Phi) is 5.18. The molecule has 1 heterocycles. The monoisotopic (exact) mass is 319 g/mol. The van der Waals surface area contributed by atoms with E-state index in [-0.39, 0.29) is 18.1 Å². The molecule has 1 aliphatic carbocycles. The number of ether oxygens (including phenoxy) is 3. The van der Waals surface area contributed by atoms with Crippen LogP contribution in [-0.4, -0.2) is 56.9 Å². The minimum Gasteiger partial charge on any atom is -0.497 e. The Balaban J connectivity index is 1.78. The van der Waals surface area contributed by atoms with Crippen molar-refractivity contribution in [1.82, 2.24) is 4.90 Å². The molecular weight excluding hydrogens is 294 g/mol. The molecule has 3 rings (SSSR count). The standard InChI is InChI=1S/C18H25NO4/c1-21-14-8-6-13(7-9-14)18(20)19-10-11-23-12-16(19)15-4-3-5-17(15)22-2/h6-9,15-17H,3-5,10-12H2,1-2H3. The number of carbonyl (C=O) groups excluding carboxylic acids is 1. The van der Waals surface area contributed by atoms with Gasteiger partial charge in [0.15, 0.2) is 0 Å². The molecule has 5 nitrogen and oxygen atoms in total. The molecule has 0 spiro atoms. The zero-order chi connectivity index (χ0) is 16.2. The van der Waals surface area contributed by atoms with Gasteiger partial charge in [-0.2, -0.15) is 0 Å². The van der Waals surface area contributed by atoms with Gasteiger partial charge in [-0.1, -0.05) is 6.42 Å². The first-order chi connectivity index (χ1) is 11.2. The van der Waals surface area contributed by atoms with Gasteiger partial charge in [0.25, 0.3) is 5.91 Å². The summed E-state index contributed by atoms with van der Waals surface area (Å²) in [5.41, 5.74) is 0.699. The maximum Gasteiger partial charge on any atom is 0.254 e. The summed E-state index contributed by atoms with van der Waals surface area (Å²) in [5.74, 6) is 1.19. The minimum atomic E-state index is 0.0720. The maximum absolute atomic E-state index is 13.0. The van der Waals surface area contributed by atoms with Crippen molar-refractivity contribution in [3.63, 3.8) is 0 Å². The van der Waals surface area contributed by atoms with E-state index in [0.29, 0.717) is 31.2 Å². The van der Waals surface area contributed by atoms with Crippen LogP contribution in [0, 0.1) is 5.92 Å². The Labute approximate surface area is 137 Å². The van der Waals surface area contributed by atoms with Gasteiger partial charge < -0.3 is 19.1 Å². The highest BCUT2D eigenvalue weighted by molar-refractivity contribution is 5.94. The van der Waals surface area contributed by atoms with Gasteiger partial charge in [-0.3, -0.25) is 4.79 Å². The fourth-order valence-corrected chi connectivity index (χ4v) is 3.82. The number of amides is 1. The van der Waals surface area contributed by atoms with Gasteiger partial charge in [0.1, 0.15) is 5.75 Å². The van der Waals surface area contributed by atoms with Gasteiger partial charge in [-0.05, 0) is 37.1 Å². The first-order valence-electron chi connectivity index (χ1n) is 8.30. The average molecular weight is 319 g/mol. The van der Waals surface area contributed by atoms with Crippen LogP contribution in [-0.2, 0) is 9.47 Å². The van der Waals surface area contributed by atoms with Crippen molar-refractivity contribution in [2.75, 3.05) is 34.0 Å². The fourth-order valence-electron chi connectivity index (χ4n) is 3.82. The van der Waals surface area contributed by atoms with Crippen LogP contribution in [0.3, 0.4) is 0 Å². The maximum atomic E-state index is 13.0. The van der Waals surface area contributed by atoms with Crippen LogP contribution >= 0.6 is 0 Å². The average Bonchev–Trinajstić information content (AvgIpc) is 3.10. The summed E-state index contributed by atoms with van der Waals surface area (Å²) in [6, 6.07) is 7.42. The van der Waals surface area contributed by atoms with Crippen LogP contribution in [0.5, 0.6) is 5.75 Å². The molecule has 0 N–H and O–H groups in total. The smallest absolute Gasteiger partial charge is 0.254 e. The Morgan fingerprint density at radius 2 is 2.00 bits per heavy atom. The van der Waals surface area contributed by atoms with Crippen LogP contribution in [0.2, 0.25) is 0 Å². The van der Waals surface area contributed by atoms with Gasteiger partial charge in [-0.25, -0.2) is 0 Å². The molecule has 1 aliphatic heterocycles. The molecule has 23 heavy (non-hydrogen) atoms. The lowest BCUT2D eigenvalue weighted by Crippen LogP contribution is -2.53. The van der Waals surface area contributed by atoms with E-state index in [2.05, 4.69) is 0 Å². The lowest BCUT2D eigenvalue weighted by molar-refractivity contribution is -0.0460. The molecule has 2 aliphatic rings. The molecule has 3 atom stereocenters. The number of hydrogen-bond acceptors (Lipinski definition) is 4. The highest BCUT2D eigenvalue weighted by Gasteiger charge is 2.40. The van der Waals surface area contributed by atoms with Crippen molar-refractivity contribution >= 4 is 5.91 Å². The summed E-state index contributed by atoms with van der Waals surface area (Å²) in [6.45, 7) is 1.84. The van der Waals surface area contributed by atoms with Crippen LogP contribution in [0.4, 0.5) is 0 Å².